The predicted molar refractivity (Wildman–Crippen MR) is 173 cm³/mol. The molecule has 1 atom stereocenters. The van der Waals surface area contributed by atoms with Crippen LogP contribution < -0.4 is 20.3 Å². The molecule has 0 radical (unpaired) electrons. The quantitative estimate of drug-likeness (QED) is 0.280. The number of piperazine rings is 1. The second-order valence-electron chi connectivity index (χ2n) is 13.1. The summed E-state index contributed by atoms with van der Waals surface area (Å²) in [6.07, 6.45) is 2.94. The van der Waals surface area contributed by atoms with E-state index in [1.165, 1.54) is 6.39 Å². The number of nitrogens with zero attached hydrogens (tertiary/aromatic N) is 6. The van der Waals surface area contributed by atoms with Gasteiger partial charge in [-0.05, 0) is 44.4 Å². The third-order valence-corrected chi connectivity index (χ3v) is 9.06. The summed E-state index contributed by atoms with van der Waals surface area (Å²) in [4.78, 5) is 33.3. The van der Waals surface area contributed by atoms with Crippen LogP contribution in [0.2, 0.25) is 5.02 Å². The highest BCUT2D eigenvalue weighted by atomic mass is 35.5. The Labute approximate surface area is 274 Å². The summed E-state index contributed by atoms with van der Waals surface area (Å²) in [6, 6.07) is 5.69. The van der Waals surface area contributed by atoms with Crippen molar-refractivity contribution < 1.29 is 23.8 Å². The number of fused-ring (bicyclic) bond motifs is 1. The van der Waals surface area contributed by atoms with Crippen molar-refractivity contribution in [2.24, 2.45) is 0 Å². The Morgan fingerprint density at radius 3 is 2.67 bits per heavy atom. The lowest BCUT2D eigenvalue weighted by atomic mass is 9.99. The number of carbonyl (C=O) groups excluding carboxylic acids is 1. The van der Waals surface area contributed by atoms with Gasteiger partial charge in [0.25, 0.3) is 5.91 Å². The topological polar surface area (TPSA) is 141 Å². The molecule has 5 heterocycles. The molecule has 0 saturated carbocycles. The number of halogens is 1. The van der Waals surface area contributed by atoms with E-state index in [-0.39, 0.29) is 36.3 Å². The number of benzene rings is 1. The minimum atomic E-state index is -0.762. The van der Waals surface area contributed by atoms with Crippen molar-refractivity contribution in [2.45, 2.75) is 58.0 Å². The molecule has 3 aromatic rings. The Morgan fingerprint density at radius 2 is 1.98 bits per heavy atom. The highest BCUT2D eigenvalue weighted by Crippen LogP contribution is 2.34. The average Bonchev–Trinajstić information content (AvgIpc) is 3.55. The van der Waals surface area contributed by atoms with Gasteiger partial charge < -0.3 is 34.5 Å². The van der Waals surface area contributed by atoms with Crippen LogP contribution in [0.1, 0.15) is 48.1 Å². The fourth-order valence-corrected chi connectivity index (χ4v) is 6.25. The van der Waals surface area contributed by atoms with E-state index in [0.717, 1.165) is 50.3 Å². The Hall–Kier alpha value is -3.49. The minimum absolute atomic E-state index is 0.0921. The number of nitrogens with one attached hydrogen (secondary N) is 2. The van der Waals surface area contributed by atoms with Gasteiger partial charge in [0, 0.05) is 64.0 Å². The maximum absolute atomic E-state index is 13.3. The number of amides is 1. The minimum Gasteiger partial charge on any atom is -0.484 e. The van der Waals surface area contributed by atoms with E-state index in [1.807, 2.05) is 12.1 Å². The molecule has 1 aromatic carbocycles. The Kier molecular flexibility index (Phi) is 9.95. The third-order valence-electron chi connectivity index (χ3n) is 8.65. The number of hydrogen-bond acceptors (Lipinski definition) is 12. The number of anilines is 2. The summed E-state index contributed by atoms with van der Waals surface area (Å²) in [5.41, 5.74) is 2.50. The lowest BCUT2D eigenvalue weighted by molar-refractivity contribution is 0.0209. The number of hydrogen-bond donors (Lipinski definition) is 3. The largest absolute Gasteiger partial charge is 0.484 e. The monoisotopic (exact) mass is 654 g/mol. The van der Waals surface area contributed by atoms with Crippen LogP contribution in [-0.2, 0) is 24.3 Å². The molecule has 0 aliphatic carbocycles. The van der Waals surface area contributed by atoms with Gasteiger partial charge in [0.05, 0.1) is 36.6 Å². The Balaban J connectivity index is 1.03. The summed E-state index contributed by atoms with van der Waals surface area (Å²) in [7, 11) is 0. The number of β-amino-alcohol motifs (C(OH)–C–C–N with tert-alkyl or cyclic N) is 1. The summed E-state index contributed by atoms with van der Waals surface area (Å²) in [5, 5.41) is 17.7. The van der Waals surface area contributed by atoms with Gasteiger partial charge in [0.15, 0.2) is 12.2 Å². The van der Waals surface area contributed by atoms with Gasteiger partial charge in [0.1, 0.15) is 23.9 Å². The van der Waals surface area contributed by atoms with E-state index in [1.54, 1.807) is 12.3 Å². The van der Waals surface area contributed by atoms with E-state index < -0.39 is 6.10 Å². The lowest BCUT2D eigenvalue weighted by Gasteiger charge is -2.42. The standard InChI is InChI=1S/C32H43ClN8O5/c1-32(2,3)41-10-8-40(9-11-41)31-37-26(12-28(38-31)36-22-17-44-18-22)30(43)35-13-23(42)16-39-7-6-25-21(15-39)4-5-27(29(25)33)45-19-24-14-34-20-46-24/h4-5,12,14,20,22-23,42H,6-11,13,15-19H2,1-3H3,(H,35,43)(H,36,37,38). The van der Waals surface area contributed by atoms with Gasteiger partial charge in [-0.15, -0.1) is 0 Å². The smallest absolute Gasteiger partial charge is 0.270 e. The van der Waals surface area contributed by atoms with Gasteiger partial charge >= 0.3 is 0 Å². The van der Waals surface area contributed by atoms with Gasteiger partial charge in [-0.3, -0.25) is 14.6 Å². The number of oxazole rings is 1. The van der Waals surface area contributed by atoms with Crippen molar-refractivity contribution in [3.8, 4) is 5.75 Å². The number of aliphatic hydroxyl groups excluding tert-OH is 1. The van der Waals surface area contributed by atoms with Crippen molar-refractivity contribution in [1.29, 1.82) is 0 Å². The van der Waals surface area contributed by atoms with E-state index in [0.29, 0.717) is 54.6 Å². The second kappa shape index (κ2) is 14.1. The van der Waals surface area contributed by atoms with Crippen LogP contribution in [0.4, 0.5) is 11.8 Å². The molecule has 2 aromatic heterocycles. The van der Waals surface area contributed by atoms with Gasteiger partial charge in [-0.1, -0.05) is 17.7 Å². The molecule has 14 heteroatoms. The molecule has 46 heavy (non-hydrogen) atoms. The van der Waals surface area contributed by atoms with Crippen molar-refractivity contribution in [2.75, 3.05) is 69.2 Å². The zero-order chi connectivity index (χ0) is 32.3. The Morgan fingerprint density at radius 1 is 1.17 bits per heavy atom. The van der Waals surface area contributed by atoms with Crippen LogP contribution in [0.25, 0.3) is 0 Å². The average molecular weight is 655 g/mol. The molecule has 3 aliphatic rings. The van der Waals surface area contributed by atoms with Crippen molar-refractivity contribution in [1.82, 2.24) is 30.1 Å². The summed E-state index contributed by atoms with van der Waals surface area (Å²) in [6.45, 7) is 13.3. The van der Waals surface area contributed by atoms with E-state index in [9.17, 15) is 9.90 Å². The van der Waals surface area contributed by atoms with Crippen LogP contribution in [-0.4, -0.2) is 112 Å². The summed E-state index contributed by atoms with van der Waals surface area (Å²) < 4.78 is 16.4. The van der Waals surface area contributed by atoms with Crippen LogP contribution in [0.5, 0.6) is 5.75 Å². The zero-order valence-electron chi connectivity index (χ0n) is 26.7. The molecule has 248 valence electrons. The first-order valence-corrected chi connectivity index (χ1v) is 16.2. The molecular weight excluding hydrogens is 612 g/mol. The maximum Gasteiger partial charge on any atom is 0.270 e. The molecule has 1 unspecified atom stereocenters. The van der Waals surface area contributed by atoms with Crippen LogP contribution >= 0.6 is 11.6 Å². The molecule has 2 saturated heterocycles. The first kappa shape index (κ1) is 32.5. The molecule has 3 aliphatic heterocycles. The normalized spacial score (nSPS) is 18.5. The third kappa shape index (κ3) is 7.89. The molecule has 2 fully saturated rings. The highest BCUT2D eigenvalue weighted by molar-refractivity contribution is 6.33. The summed E-state index contributed by atoms with van der Waals surface area (Å²) >= 11 is 6.69. The second-order valence-corrected chi connectivity index (χ2v) is 13.5. The van der Waals surface area contributed by atoms with Crippen molar-refractivity contribution in [3.63, 3.8) is 0 Å². The van der Waals surface area contributed by atoms with Crippen molar-refractivity contribution >= 4 is 29.3 Å². The fourth-order valence-electron chi connectivity index (χ4n) is 5.91. The molecular formula is C32H43ClN8O5. The molecule has 6 rings (SSSR count). The summed E-state index contributed by atoms with van der Waals surface area (Å²) in [5.74, 6) is 2.00. The number of rotatable bonds is 11. The fraction of sp³-hybridized carbons (Fsp3) is 0.562. The zero-order valence-corrected chi connectivity index (χ0v) is 27.4. The van der Waals surface area contributed by atoms with Crippen LogP contribution in [0, 0.1) is 0 Å². The van der Waals surface area contributed by atoms with Crippen molar-refractivity contribution in [3.05, 3.63) is 58.4 Å². The number of carbonyl (C=O) groups is 1. The van der Waals surface area contributed by atoms with Gasteiger partial charge in [-0.2, -0.15) is 4.98 Å². The van der Waals surface area contributed by atoms with E-state index in [4.69, 9.17) is 30.5 Å². The lowest BCUT2D eigenvalue weighted by Crippen LogP contribution is -2.53. The molecule has 0 spiro atoms. The van der Waals surface area contributed by atoms with Gasteiger partial charge in [-0.25, -0.2) is 9.97 Å². The van der Waals surface area contributed by atoms with Crippen LogP contribution in [0.3, 0.4) is 0 Å². The molecule has 13 nitrogen and oxygen atoms in total. The molecule has 1 amide bonds. The van der Waals surface area contributed by atoms with E-state index in [2.05, 4.69) is 56.1 Å². The highest BCUT2D eigenvalue weighted by Gasteiger charge is 2.29. The van der Waals surface area contributed by atoms with Crippen LogP contribution in [0.15, 0.2) is 35.2 Å². The SMILES string of the molecule is CC(C)(C)N1CCN(c2nc(NC3COC3)cc(C(=O)NCC(O)CN3CCc4c(ccc(OCc5cnco5)c4Cl)C3)n2)CC1. The first-order chi connectivity index (χ1) is 22.1. The number of aromatic nitrogens is 3. The molecule has 3 N–H and O–H groups in total. The first-order valence-electron chi connectivity index (χ1n) is 15.8. The van der Waals surface area contributed by atoms with Gasteiger partial charge in [0.2, 0.25) is 5.95 Å². The Bertz CT molecular complexity index is 1490. The number of ether oxygens (including phenoxy) is 2. The number of aliphatic hydroxyl groups is 1. The maximum atomic E-state index is 13.3. The predicted octanol–water partition coefficient (Wildman–Crippen LogP) is 2.58. The van der Waals surface area contributed by atoms with E-state index >= 15 is 0 Å². The molecule has 0 bridgehead atoms.